The molecule has 0 aliphatic carbocycles. The minimum absolute atomic E-state index is 0. The Bertz CT molecular complexity index is 434. The largest absolute Gasteiger partial charge is 0.384 e. The zero-order valence-electron chi connectivity index (χ0n) is 8.30. The maximum Gasteiger partial charge on any atom is 0.221 e. The van der Waals surface area contributed by atoms with Crippen LogP contribution in [0.2, 0.25) is 10.0 Å². The fourth-order valence-corrected chi connectivity index (χ4v) is 1.62. The zero-order chi connectivity index (χ0) is 11.6. The van der Waals surface area contributed by atoms with Crippen molar-refractivity contribution in [2.24, 2.45) is 5.73 Å². The lowest BCUT2D eigenvalue weighted by atomic mass is 10.2. The van der Waals surface area contributed by atoms with Gasteiger partial charge in [-0.1, -0.05) is 23.2 Å². The molecule has 4 N–H and O–H groups in total. The van der Waals surface area contributed by atoms with Crippen LogP contribution in [0.5, 0.6) is 0 Å². The third-order valence-corrected chi connectivity index (χ3v) is 2.39. The van der Waals surface area contributed by atoms with Gasteiger partial charge in [0.25, 0.3) is 0 Å². The third-order valence-electron chi connectivity index (χ3n) is 1.68. The van der Waals surface area contributed by atoms with Gasteiger partial charge in [-0.15, -0.1) is 12.4 Å². The second-order valence-electron chi connectivity index (χ2n) is 2.88. The first kappa shape index (κ1) is 15.0. The molecule has 0 aromatic heterocycles. The Balaban J connectivity index is 0.00000225. The van der Waals surface area contributed by atoms with Gasteiger partial charge in [0.2, 0.25) is 5.91 Å². The van der Waals surface area contributed by atoms with Gasteiger partial charge >= 0.3 is 0 Å². The molecule has 0 atom stereocenters. The second-order valence-corrected chi connectivity index (χ2v) is 3.66. The van der Waals surface area contributed by atoms with Crippen molar-refractivity contribution in [1.82, 2.24) is 0 Å². The van der Waals surface area contributed by atoms with Gasteiger partial charge in [0.15, 0.2) is 0 Å². The number of benzene rings is 1. The molecule has 1 aromatic carbocycles. The molecule has 16 heavy (non-hydrogen) atoms. The number of amides is 1. The lowest BCUT2D eigenvalue weighted by Gasteiger charge is -2.10. The SMILES string of the molecule is CC(=O)Nc1c(Cl)ccc(C(=N)N)c1Cl.Cl. The molecular formula is C9H10Cl3N3O. The summed E-state index contributed by atoms with van der Waals surface area (Å²) in [7, 11) is 0. The summed E-state index contributed by atoms with van der Waals surface area (Å²) < 4.78 is 0. The molecule has 1 amide bonds. The lowest BCUT2D eigenvalue weighted by Crippen LogP contribution is -2.14. The number of amidine groups is 1. The van der Waals surface area contributed by atoms with E-state index >= 15 is 0 Å². The van der Waals surface area contributed by atoms with Crippen LogP contribution in [0.4, 0.5) is 5.69 Å². The van der Waals surface area contributed by atoms with E-state index in [1.165, 1.54) is 19.1 Å². The van der Waals surface area contributed by atoms with Gasteiger partial charge in [-0.2, -0.15) is 0 Å². The number of carbonyl (C=O) groups excluding carboxylic acids is 1. The molecule has 0 radical (unpaired) electrons. The predicted octanol–water partition coefficient (Wildman–Crippen LogP) is 2.66. The molecule has 0 unspecified atom stereocenters. The van der Waals surface area contributed by atoms with Crippen LogP contribution >= 0.6 is 35.6 Å². The van der Waals surface area contributed by atoms with E-state index in [0.29, 0.717) is 10.6 Å². The molecule has 0 aliphatic heterocycles. The van der Waals surface area contributed by atoms with Gasteiger partial charge in [0, 0.05) is 12.5 Å². The molecule has 4 nitrogen and oxygen atoms in total. The minimum atomic E-state index is -0.292. The highest BCUT2D eigenvalue weighted by Gasteiger charge is 2.13. The number of carbonyl (C=O) groups is 1. The van der Waals surface area contributed by atoms with Crippen molar-refractivity contribution in [3.8, 4) is 0 Å². The van der Waals surface area contributed by atoms with E-state index in [1.54, 1.807) is 0 Å². The van der Waals surface area contributed by atoms with Crippen molar-refractivity contribution in [1.29, 1.82) is 5.41 Å². The molecule has 1 rings (SSSR count). The summed E-state index contributed by atoms with van der Waals surface area (Å²) in [5, 5.41) is 10.2. The molecule has 0 saturated carbocycles. The molecule has 1 aromatic rings. The maximum absolute atomic E-state index is 10.9. The average molecular weight is 283 g/mol. The summed E-state index contributed by atoms with van der Waals surface area (Å²) >= 11 is 11.8. The highest BCUT2D eigenvalue weighted by molar-refractivity contribution is 6.41. The van der Waals surface area contributed by atoms with Crippen LogP contribution in [0.1, 0.15) is 12.5 Å². The van der Waals surface area contributed by atoms with Crippen LogP contribution in [0.15, 0.2) is 12.1 Å². The van der Waals surface area contributed by atoms with Gasteiger partial charge in [-0.25, -0.2) is 0 Å². The summed E-state index contributed by atoms with van der Waals surface area (Å²) in [6, 6.07) is 3.05. The summed E-state index contributed by atoms with van der Waals surface area (Å²) in [4.78, 5) is 10.9. The molecule has 7 heteroatoms. The van der Waals surface area contributed by atoms with Crippen LogP contribution < -0.4 is 11.1 Å². The van der Waals surface area contributed by atoms with E-state index in [4.69, 9.17) is 34.3 Å². The molecule has 0 aliphatic rings. The summed E-state index contributed by atoms with van der Waals surface area (Å²) in [6.07, 6.45) is 0. The van der Waals surface area contributed by atoms with Crippen molar-refractivity contribution in [3.63, 3.8) is 0 Å². The standard InChI is InChI=1S/C9H9Cl2N3O.ClH/c1-4(15)14-8-6(10)3-2-5(7(8)11)9(12)13;/h2-3H,1H3,(H3,12,13)(H,14,15);1H. The third kappa shape index (κ3) is 3.27. The van der Waals surface area contributed by atoms with Crippen LogP contribution in [-0.2, 0) is 4.79 Å². The van der Waals surface area contributed by atoms with Gasteiger partial charge in [0.1, 0.15) is 5.84 Å². The number of rotatable bonds is 2. The smallest absolute Gasteiger partial charge is 0.221 e. The Morgan fingerprint density at radius 3 is 2.44 bits per heavy atom. The number of nitrogen functional groups attached to an aromatic ring is 1. The molecule has 88 valence electrons. The molecular weight excluding hydrogens is 272 g/mol. The first-order valence-electron chi connectivity index (χ1n) is 4.03. The Hall–Kier alpha value is -0.970. The summed E-state index contributed by atoms with van der Waals surface area (Å²) in [6.45, 7) is 1.34. The quantitative estimate of drug-likeness (QED) is 0.576. The number of nitrogens with one attached hydrogen (secondary N) is 2. The number of nitrogens with two attached hydrogens (primary N) is 1. The fourth-order valence-electron chi connectivity index (χ4n) is 1.05. The Kier molecular flexibility index (Phi) is 5.58. The maximum atomic E-state index is 10.9. The van der Waals surface area contributed by atoms with Gasteiger partial charge in [0.05, 0.1) is 15.7 Å². The molecule has 0 bridgehead atoms. The minimum Gasteiger partial charge on any atom is -0.384 e. The highest BCUT2D eigenvalue weighted by atomic mass is 35.5. The van der Waals surface area contributed by atoms with Crippen molar-refractivity contribution in [3.05, 3.63) is 27.7 Å². The fraction of sp³-hybridized carbons (Fsp3) is 0.111. The van der Waals surface area contributed by atoms with Crippen molar-refractivity contribution in [2.45, 2.75) is 6.92 Å². The van der Waals surface area contributed by atoms with E-state index in [1.807, 2.05) is 0 Å². The summed E-state index contributed by atoms with van der Waals surface area (Å²) in [5.74, 6) is -0.470. The van der Waals surface area contributed by atoms with Crippen molar-refractivity contribution in [2.75, 3.05) is 5.32 Å². The van der Waals surface area contributed by atoms with E-state index in [9.17, 15) is 4.79 Å². The Labute approximate surface area is 109 Å². The Morgan fingerprint density at radius 2 is 2.00 bits per heavy atom. The van der Waals surface area contributed by atoms with E-state index in [2.05, 4.69) is 5.32 Å². The topological polar surface area (TPSA) is 79.0 Å². The second kappa shape index (κ2) is 5.94. The zero-order valence-corrected chi connectivity index (χ0v) is 10.6. The van der Waals surface area contributed by atoms with Gasteiger partial charge in [-0.05, 0) is 12.1 Å². The number of hydrogen-bond acceptors (Lipinski definition) is 2. The number of halogens is 3. The predicted molar refractivity (Wildman–Crippen MR) is 69.0 cm³/mol. The number of anilines is 1. The van der Waals surface area contributed by atoms with E-state index < -0.39 is 0 Å². The van der Waals surface area contributed by atoms with Crippen LogP contribution in [0, 0.1) is 5.41 Å². The lowest BCUT2D eigenvalue weighted by molar-refractivity contribution is -0.114. The van der Waals surface area contributed by atoms with Crippen LogP contribution in [-0.4, -0.2) is 11.7 Å². The monoisotopic (exact) mass is 281 g/mol. The normalized spacial score (nSPS) is 9.19. The van der Waals surface area contributed by atoms with E-state index in [0.717, 1.165) is 0 Å². The van der Waals surface area contributed by atoms with Crippen molar-refractivity contribution >= 4 is 53.0 Å². The molecule has 0 saturated heterocycles. The molecule has 0 fully saturated rings. The van der Waals surface area contributed by atoms with Gasteiger partial charge < -0.3 is 11.1 Å². The Morgan fingerprint density at radius 1 is 1.44 bits per heavy atom. The highest BCUT2D eigenvalue weighted by Crippen LogP contribution is 2.32. The summed E-state index contributed by atoms with van der Waals surface area (Å²) in [5.41, 5.74) is 5.92. The number of hydrogen-bond donors (Lipinski definition) is 3. The van der Waals surface area contributed by atoms with Crippen LogP contribution in [0.25, 0.3) is 0 Å². The van der Waals surface area contributed by atoms with Crippen molar-refractivity contribution < 1.29 is 4.79 Å². The van der Waals surface area contributed by atoms with Crippen LogP contribution in [0.3, 0.4) is 0 Å². The first-order chi connectivity index (χ1) is 6.93. The van der Waals surface area contributed by atoms with Gasteiger partial charge in [-0.3, -0.25) is 10.2 Å². The van der Waals surface area contributed by atoms with E-state index in [-0.39, 0.29) is 34.9 Å². The molecule has 0 heterocycles. The average Bonchev–Trinajstić information content (AvgIpc) is 2.11. The first-order valence-corrected chi connectivity index (χ1v) is 4.79. The molecule has 0 spiro atoms.